The number of carbonyl (C=O) groups is 1. The van der Waals surface area contributed by atoms with E-state index in [9.17, 15) is 4.79 Å². The Balaban J connectivity index is 1.21. The molecule has 0 bridgehead atoms. The summed E-state index contributed by atoms with van der Waals surface area (Å²) in [5, 5.41) is 3.35. The van der Waals surface area contributed by atoms with Gasteiger partial charge in [0.15, 0.2) is 5.78 Å². The highest BCUT2D eigenvalue weighted by atomic mass is 16.5. The molecule has 180 valence electrons. The van der Waals surface area contributed by atoms with Gasteiger partial charge in [0.1, 0.15) is 11.3 Å². The summed E-state index contributed by atoms with van der Waals surface area (Å²) in [5.41, 5.74) is 2.85. The topological polar surface area (TPSA) is 47.0 Å². The monoisotopic (exact) mass is 450 g/mol. The first-order valence-corrected chi connectivity index (χ1v) is 13.6. The molecular formula is C29H42N2O2. The number of benzene rings is 1. The van der Waals surface area contributed by atoms with Gasteiger partial charge in [0.05, 0.1) is 19.2 Å². The largest absolute Gasteiger partial charge is 0.494 e. The van der Waals surface area contributed by atoms with E-state index in [4.69, 9.17) is 4.74 Å². The quantitative estimate of drug-likeness (QED) is 0.554. The fourth-order valence-electron chi connectivity index (χ4n) is 9.59. The van der Waals surface area contributed by atoms with Gasteiger partial charge in [0.25, 0.3) is 0 Å². The van der Waals surface area contributed by atoms with Crippen LogP contribution in [0.25, 0.3) is 11.0 Å². The van der Waals surface area contributed by atoms with Gasteiger partial charge in [0, 0.05) is 5.92 Å². The third-order valence-corrected chi connectivity index (χ3v) is 11.4. The molecule has 4 aliphatic rings. The molecule has 8 atom stereocenters. The summed E-state index contributed by atoms with van der Waals surface area (Å²) in [7, 11) is 1.71. The van der Waals surface area contributed by atoms with E-state index in [0.29, 0.717) is 17.7 Å². The molecule has 0 amide bonds. The fourth-order valence-corrected chi connectivity index (χ4v) is 9.59. The molecule has 1 N–H and O–H groups in total. The smallest absolute Gasteiger partial charge is 0.157 e. The molecule has 6 rings (SSSR count). The van der Waals surface area contributed by atoms with Crippen molar-refractivity contribution in [3.8, 4) is 5.75 Å². The van der Waals surface area contributed by atoms with E-state index >= 15 is 0 Å². The van der Waals surface area contributed by atoms with E-state index in [-0.39, 0.29) is 11.3 Å². The zero-order valence-corrected chi connectivity index (χ0v) is 21.0. The Morgan fingerprint density at radius 2 is 1.85 bits per heavy atom. The van der Waals surface area contributed by atoms with Crippen molar-refractivity contribution < 1.29 is 9.53 Å². The Morgan fingerprint density at radius 3 is 2.67 bits per heavy atom. The Labute approximate surface area is 198 Å². The van der Waals surface area contributed by atoms with Crippen LogP contribution in [0.4, 0.5) is 0 Å². The second-order valence-corrected chi connectivity index (χ2v) is 12.7. The standard InChI is InChI=1S/C29H42N2O2/c1-18-12-14-28(2)19(16-18)8-9-20-21-10-11-23(29(21,3)15-13-22(20)28)25(32)17-31-27-24(30-31)6-5-7-26(27)33-4/h5-7,18-23,30H,8-17H2,1-4H3. The van der Waals surface area contributed by atoms with Crippen molar-refractivity contribution in [2.75, 3.05) is 7.11 Å². The third-order valence-electron chi connectivity index (χ3n) is 11.4. The van der Waals surface area contributed by atoms with Gasteiger partial charge in [0.2, 0.25) is 0 Å². The van der Waals surface area contributed by atoms with Gasteiger partial charge in [-0.25, -0.2) is 0 Å². The lowest BCUT2D eigenvalue weighted by Crippen LogP contribution is -2.53. The number of Topliss-reactive ketones (excluding diaryl/α,β-unsaturated/α-hetero) is 1. The lowest BCUT2D eigenvalue weighted by atomic mass is 9.44. The Kier molecular flexibility index (Phi) is 5.05. The van der Waals surface area contributed by atoms with Crippen molar-refractivity contribution in [1.82, 2.24) is 9.78 Å². The molecule has 4 nitrogen and oxygen atoms in total. The molecule has 1 heterocycles. The number of hydrogen-bond donors (Lipinski definition) is 1. The highest BCUT2D eigenvalue weighted by Crippen LogP contribution is 2.67. The molecule has 4 heteroatoms. The molecule has 4 saturated carbocycles. The number of carbonyl (C=O) groups excluding carboxylic acids is 1. The maximum absolute atomic E-state index is 13.7. The van der Waals surface area contributed by atoms with Crippen LogP contribution in [0.2, 0.25) is 0 Å². The number of methoxy groups -OCH3 is 1. The number of H-pyrrole nitrogens is 1. The molecule has 0 spiro atoms. The number of ketones is 1. The van der Waals surface area contributed by atoms with Crippen LogP contribution in [-0.4, -0.2) is 22.7 Å². The fraction of sp³-hybridized carbons (Fsp3) is 0.759. The Bertz CT molecular complexity index is 1050. The molecule has 2 aromatic rings. The predicted octanol–water partition coefficient (Wildman–Crippen LogP) is 6.84. The molecular weight excluding hydrogens is 408 g/mol. The number of rotatable bonds is 4. The number of para-hydroxylation sites is 1. The normalized spacial score (nSPS) is 42.5. The number of nitrogens with zero attached hydrogens (tertiary/aromatic N) is 1. The van der Waals surface area contributed by atoms with Gasteiger partial charge in [-0.1, -0.05) is 33.3 Å². The Morgan fingerprint density at radius 1 is 1.06 bits per heavy atom. The van der Waals surface area contributed by atoms with E-state index in [1.165, 1.54) is 51.4 Å². The van der Waals surface area contributed by atoms with Gasteiger partial charge in [-0.15, -0.1) is 0 Å². The number of hydrogen-bond acceptors (Lipinski definition) is 2. The number of nitrogens with one attached hydrogen (secondary N) is 1. The lowest BCUT2D eigenvalue weighted by molar-refractivity contribution is -0.137. The van der Waals surface area contributed by atoms with E-state index in [1.54, 1.807) is 7.11 Å². The number of fused-ring (bicyclic) bond motifs is 6. The molecule has 1 aromatic heterocycles. The molecule has 8 unspecified atom stereocenters. The molecule has 4 fully saturated rings. The molecule has 0 radical (unpaired) electrons. The van der Waals surface area contributed by atoms with Crippen LogP contribution in [-0.2, 0) is 11.3 Å². The maximum Gasteiger partial charge on any atom is 0.157 e. The maximum atomic E-state index is 13.7. The zero-order chi connectivity index (χ0) is 23.0. The second kappa shape index (κ2) is 7.65. The second-order valence-electron chi connectivity index (χ2n) is 12.7. The highest BCUT2D eigenvalue weighted by molar-refractivity contribution is 5.88. The summed E-state index contributed by atoms with van der Waals surface area (Å²) in [6.45, 7) is 8.06. The third kappa shape index (κ3) is 3.11. The number of aromatic amines is 1. The molecule has 4 aliphatic carbocycles. The first kappa shape index (κ1) is 21.8. The van der Waals surface area contributed by atoms with E-state index in [1.807, 2.05) is 16.8 Å². The Hall–Kier alpha value is -1.71. The van der Waals surface area contributed by atoms with E-state index in [0.717, 1.165) is 52.8 Å². The summed E-state index contributed by atoms with van der Waals surface area (Å²) in [4.78, 5) is 13.7. The number of ether oxygens (including phenoxy) is 1. The predicted molar refractivity (Wildman–Crippen MR) is 132 cm³/mol. The van der Waals surface area contributed by atoms with Crippen molar-refractivity contribution >= 4 is 16.8 Å². The van der Waals surface area contributed by atoms with Gasteiger partial charge >= 0.3 is 0 Å². The molecule has 0 saturated heterocycles. The summed E-state index contributed by atoms with van der Waals surface area (Å²) in [6, 6.07) is 6.03. The van der Waals surface area contributed by atoms with Crippen LogP contribution in [0.1, 0.15) is 78.6 Å². The van der Waals surface area contributed by atoms with Crippen LogP contribution in [0, 0.1) is 46.3 Å². The van der Waals surface area contributed by atoms with Crippen LogP contribution >= 0.6 is 0 Å². The highest BCUT2D eigenvalue weighted by Gasteiger charge is 2.60. The van der Waals surface area contributed by atoms with Gasteiger partial charge in [-0.3, -0.25) is 14.6 Å². The minimum absolute atomic E-state index is 0.192. The van der Waals surface area contributed by atoms with Crippen LogP contribution in [0.15, 0.2) is 18.2 Å². The van der Waals surface area contributed by atoms with Crippen molar-refractivity contribution in [2.24, 2.45) is 46.3 Å². The van der Waals surface area contributed by atoms with Crippen LogP contribution < -0.4 is 4.74 Å². The first-order chi connectivity index (χ1) is 15.8. The SMILES string of the molecule is COc1cccc2[nH]n(CC(=O)C3CCC4C5CCC6CC(C)CCC6(C)C5CCC34C)c12. The van der Waals surface area contributed by atoms with E-state index in [2.05, 4.69) is 31.9 Å². The van der Waals surface area contributed by atoms with Crippen molar-refractivity contribution in [1.29, 1.82) is 0 Å². The molecule has 1 aromatic carbocycles. The molecule has 33 heavy (non-hydrogen) atoms. The summed E-state index contributed by atoms with van der Waals surface area (Å²) in [5.74, 6) is 5.83. The minimum atomic E-state index is 0.192. The van der Waals surface area contributed by atoms with Crippen LogP contribution in [0.3, 0.4) is 0 Å². The van der Waals surface area contributed by atoms with Gasteiger partial charge < -0.3 is 4.74 Å². The zero-order valence-electron chi connectivity index (χ0n) is 21.0. The average molecular weight is 451 g/mol. The van der Waals surface area contributed by atoms with Crippen molar-refractivity contribution in [2.45, 2.75) is 85.1 Å². The minimum Gasteiger partial charge on any atom is -0.494 e. The summed E-state index contributed by atoms with van der Waals surface area (Å²) < 4.78 is 7.55. The van der Waals surface area contributed by atoms with Gasteiger partial charge in [-0.2, -0.15) is 0 Å². The van der Waals surface area contributed by atoms with Crippen molar-refractivity contribution in [3.63, 3.8) is 0 Å². The van der Waals surface area contributed by atoms with Gasteiger partial charge in [-0.05, 0) is 104 Å². The summed E-state index contributed by atoms with van der Waals surface area (Å²) >= 11 is 0. The van der Waals surface area contributed by atoms with Crippen LogP contribution in [0.5, 0.6) is 5.75 Å². The molecule has 0 aliphatic heterocycles. The first-order valence-electron chi connectivity index (χ1n) is 13.6. The average Bonchev–Trinajstić information content (AvgIpc) is 3.14. The summed E-state index contributed by atoms with van der Waals surface area (Å²) in [6.07, 6.45) is 12.1. The van der Waals surface area contributed by atoms with Crippen molar-refractivity contribution in [3.05, 3.63) is 18.2 Å². The lowest BCUT2D eigenvalue weighted by Gasteiger charge is -2.61. The number of aromatic nitrogens is 2. The van der Waals surface area contributed by atoms with E-state index < -0.39 is 0 Å².